The Morgan fingerprint density at radius 3 is 2.07 bits per heavy atom. The minimum atomic E-state index is -3.46. The molecular formula is C23H41ClN2O2S. The number of hydrogen-bond donors (Lipinski definition) is 2. The first-order valence-electron chi connectivity index (χ1n) is 11.4. The van der Waals surface area contributed by atoms with E-state index in [0.717, 1.165) is 12.8 Å². The minimum absolute atomic E-state index is 0.0703. The highest BCUT2D eigenvalue weighted by Gasteiger charge is 2.18. The van der Waals surface area contributed by atoms with Gasteiger partial charge < -0.3 is 5.43 Å². The molecule has 29 heavy (non-hydrogen) atoms. The number of hydrazine groups is 1. The quantitative estimate of drug-likeness (QED) is 0.147. The van der Waals surface area contributed by atoms with Crippen LogP contribution in [0.5, 0.6) is 0 Å². The van der Waals surface area contributed by atoms with Gasteiger partial charge in [-0.2, -0.15) is 0 Å². The maximum absolute atomic E-state index is 12.2. The first kappa shape index (κ1) is 26.3. The van der Waals surface area contributed by atoms with Crippen LogP contribution in [0, 0.1) is 5.92 Å². The molecule has 0 aliphatic carbocycles. The molecule has 0 aliphatic rings. The summed E-state index contributed by atoms with van der Waals surface area (Å²) < 4.78 is 24.3. The fraction of sp³-hybridized carbons (Fsp3) is 0.739. The Bertz CT molecular complexity index is 611. The number of unbranched alkanes of at least 4 members (excludes halogenated alkanes) is 8. The summed E-state index contributed by atoms with van der Waals surface area (Å²) in [5, 5.41) is -0.365. The molecule has 2 N–H and O–H groups in total. The number of halogens is 1. The summed E-state index contributed by atoms with van der Waals surface area (Å²) in [6.07, 6.45) is 15.0. The second-order valence-electron chi connectivity index (χ2n) is 8.27. The van der Waals surface area contributed by atoms with E-state index in [1.54, 1.807) is 12.1 Å². The molecule has 168 valence electrons. The predicted octanol–water partition coefficient (Wildman–Crippen LogP) is 6.88. The highest BCUT2D eigenvalue weighted by molar-refractivity contribution is 7.89. The third-order valence-corrected chi connectivity index (χ3v) is 7.11. The Morgan fingerprint density at radius 1 is 0.862 bits per heavy atom. The molecule has 4 nitrogen and oxygen atoms in total. The largest absolute Gasteiger partial charge is 0.308 e. The first-order chi connectivity index (χ1) is 13.9. The van der Waals surface area contributed by atoms with Gasteiger partial charge in [0, 0.05) is 11.1 Å². The van der Waals surface area contributed by atoms with Crippen molar-refractivity contribution in [3.8, 4) is 0 Å². The van der Waals surface area contributed by atoms with Crippen molar-refractivity contribution in [1.82, 2.24) is 4.83 Å². The monoisotopic (exact) mass is 444 g/mol. The summed E-state index contributed by atoms with van der Waals surface area (Å²) in [7, 11) is -3.46. The average molecular weight is 445 g/mol. The van der Waals surface area contributed by atoms with E-state index in [1.807, 2.05) is 18.2 Å². The Balaban J connectivity index is 2.07. The molecule has 0 saturated carbocycles. The lowest BCUT2D eigenvalue weighted by atomic mass is 9.97. The van der Waals surface area contributed by atoms with Crippen LogP contribution in [0.25, 0.3) is 0 Å². The summed E-state index contributed by atoms with van der Waals surface area (Å²) in [4.78, 5) is 2.40. The Hall–Kier alpha value is -0.780. The summed E-state index contributed by atoms with van der Waals surface area (Å²) in [5.74, 6) is 0.526. The Kier molecular flexibility index (Phi) is 14.5. The van der Waals surface area contributed by atoms with Gasteiger partial charge in [-0.05, 0) is 30.9 Å². The summed E-state index contributed by atoms with van der Waals surface area (Å²) in [6.45, 7) is 4.50. The van der Waals surface area contributed by atoms with E-state index < -0.39 is 10.0 Å². The lowest BCUT2D eigenvalue weighted by Gasteiger charge is -2.15. The van der Waals surface area contributed by atoms with E-state index in [0.29, 0.717) is 11.6 Å². The van der Waals surface area contributed by atoms with Gasteiger partial charge in [-0.25, -0.2) is 8.42 Å². The van der Waals surface area contributed by atoms with Crippen molar-refractivity contribution in [2.45, 2.75) is 96.3 Å². The van der Waals surface area contributed by atoms with Gasteiger partial charge in [0.25, 0.3) is 0 Å². The van der Waals surface area contributed by atoms with Crippen LogP contribution < -0.4 is 10.3 Å². The zero-order chi connectivity index (χ0) is 21.4. The standard InChI is InChI=1S/C23H41ClN2O2S/c1-3-4-5-6-7-8-9-10-12-15-21(2)18-19-22(24)20-29(27,28)26-25-23-16-13-11-14-17-23/h11,13-14,16-17,21-22,25-26H,3-10,12,15,18-20H2,1-2H3. The average Bonchev–Trinajstić information content (AvgIpc) is 2.70. The van der Waals surface area contributed by atoms with E-state index in [9.17, 15) is 8.42 Å². The molecule has 0 spiro atoms. The van der Waals surface area contributed by atoms with Crippen molar-refractivity contribution in [1.29, 1.82) is 0 Å². The van der Waals surface area contributed by atoms with Crippen LogP contribution in [0.2, 0.25) is 0 Å². The fourth-order valence-corrected chi connectivity index (χ4v) is 5.06. The number of para-hydroxylation sites is 1. The highest BCUT2D eigenvalue weighted by Crippen LogP contribution is 2.19. The molecule has 0 aromatic heterocycles. The van der Waals surface area contributed by atoms with Crippen LogP contribution in [0.4, 0.5) is 5.69 Å². The SMILES string of the molecule is CCCCCCCCCCCC(C)CCC(Cl)CS(=O)(=O)NNc1ccccc1. The molecule has 0 saturated heterocycles. The molecule has 0 aliphatic heterocycles. The molecule has 1 aromatic carbocycles. The number of benzene rings is 1. The number of nitrogens with one attached hydrogen (secondary N) is 2. The molecule has 1 rings (SSSR count). The van der Waals surface area contributed by atoms with E-state index in [4.69, 9.17) is 11.6 Å². The molecule has 0 heterocycles. The topological polar surface area (TPSA) is 58.2 Å². The number of anilines is 1. The second kappa shape index (κ2) is 16.0. The van der Waals surface area contributed by atoms with Crippen LogP contribution in [-0.2, 0) is 10.0 Å². The molecule has 0 radical (unpaired) electrons. The molecule has 2 atom stereocenters. The van der Waals surface area contributed by atoms with Crippen LogP contribution in [0.15, 0.2) is 30.3 Å². The van der Waals surface area contributed by atoms with Crippen LogP contribution in [0.3, 0.4) is 0 Å². The number of sulfonamides is 1. The predicted molar refractivity (Wildman–Crippen MR) is 127 cm³/mol. The van der Waals surface area contributed by atoms with Gasteiger partial charge in [0.1, 0.15) is 0 Å². The van der Waals surface area contributed by atoms with Crippen LogP contribution in [0.1, 0.15) is 90.9 Å². The van der Waals surface area contributed by atoms with Gasteiger partial charge in [0.15, 0.2) is 0 Å². The highest BCUT2D eigenvalue weighted by atomic mass is 35.5. The third kappa shape index (κ3) is 14.8. The first-order valence-corrected chi connectivity index (χ1v) is 13.5. The fourth-order valence-electron chi connectivity index (χ4n) is 3.43. The maximum atomic E-state index is 12.2. The number of alkyl halides is 1. The Labute approximate surface area is 184 Å². The molecule has 0 amide bonds. The molecule has 0 fully saturated rings. The zero-order valence-corrected chi connectivity index (χ0v) is 19.9. The maximum Gasteiger partial charge on any atom is 0.229 e. The molecule has 2 unspecified atom stereocenters. The van der Waals surface area contributed by atoms with Gasteiger partial charge in [-0.1, -0.05) is 96.3 Å². The van der Waals surface area contributed by atoms with Crippen molar-refractivity contribution >= 4 is 27.3 Å². The lowest BCUT2D eigenvalue weighted by Crippen LogP contribution is -2.34. The zero-order valence-electron chi connectivity index (χ0n) is 18.3. The van der Waals surface area contributed by atoms with Gasteiger partial charge in [0.2, 0.25) is 10.0 Å². The third-order valence-electron chi connectivity index (χ3n) is 5.30. The van der Waals surface area contributed by atoms with Crippen LogP contribution in [-0.4, -0.2) is 19.5 Å². The van der Waals surface area contributed by atoms with Crippen LogP contribution >= 0.6 is 11.6 Å². The molecule has 0 bridgehead atoms. The van der Waals surface area contributed by atoms with Crippen molar-refractivity contribution in [3.05, 3.63) is 30.3 Å². The summed E-state index contributed by atoms with van der Waals surface area (Å²) >= 11 is 6.30. The van der Waals surface area contributed by atoms with E-state index in [-0.39, 0.29) is 11.1 Å². The number of rotatable bonds is 18. The van der Waals surface area contributed by atoms with Crippen molar-refractivity contribution in [3.63, 3.8) is 0 Å². The van der Waals surface area contributed by atoms with Crippen molar-refractivity contribution in [2.75, 3.05) is 11.2 Å². The smallest absolute Gasteiger partial charge is 0.229 e. The van der Waals surface area contributed by atoms with Gasteiger partial charge in [0.05, 0.1) is 5.75 Å². The van der Waals surface area contributed by atoms with E-state index in [1.165, 1.54) is 64.2 Å². The van der Waals surface area contributed by atoms with Gasteiger partial charge >= 0.3 is 0 Å². The minimum Gasteiger partial charge on any atom is -0.308 e. The molecule has 1 aromatic rings. The normalized spacial score (nSPS) is 13.9. The summed E-state index contributed by atoms with van der Waals surface area (Å²) in [5.41, 5.74) is 3.42. The van der Waals surface area contributed by atoms with Gasteiger partial charge in [-0.15, -0.1) is 16.4 Å². The van der Waals surface area contributed by atoms with E-state index in [2.05, 4.69) is 24.1 Å². The molecule has 6 heteroatoms. The second-order valence-corrected chi connectivity index (χ2v) is 10.7. The van der Waals surface area contributed by atoms with Crippen molar-refractivity contribution in [2.24, 2.45) is 5.92 Å². The summed E-state index contributed by atoms with van der Waals surface area (Å²) in [6, 6.07) is 9.17. The van der Waals surface area contributed by atoms with E-state index >= 15 is 0 Å². The van der Waals surface area contributed by atoms with Gasteiger partial charge in [-0.3, -0.25) is 0 Å². The van der Waals surface area contributed by atoms with Crippen molar-refractivity contribution < 1.29 is 8.42 Å². The number of hydrogen-bond acceptors (Lipinski definition) is 3. The molecular weight excluding hydrogens is 404 g/mol. The lowest BCUT2D eigenvalue weighted by molar-refractivity contribution is 0.441. The Morgan fingerprint density at radius 2 is 1.45 bits per heavy atom.